The van der Waals surface area contributed by atoms with Gasteiger partial charge in [0.15, 0.2) is 15.5 Å². The van der Waals surface area contributed by atoms with Crippen LogP contribution in [0.5, 0.6) is 0 Å². The molecule has 2 aliphatic heterocycles. The van der Waals surface area contributed by atoms with Gasteiger partial charge < -0.3 is 19.3 Å². The fourth-order valence-electron chi connectivity index (χ4n) is 7.07. The van der Waals surface area contributed by atoms with Gasteiger partial charge in [0, 0.05) is 44.8 Å². The Morgan fingerprint density at radius 3 is 2.21 bits per heavy atom. The van der Waals surface area contributed by atoms with Gasteiger partial charge in [0.05, 0.1) is 35.8 Å². The lowest BCUT2D eigenvalue weighted by Gasteiger charge is -2.41. The molecule has 1 aromatic heterocycles. The van der Waals surface area contributed by atoms with Crippen LogP contribution >= 0.6 is 0 Å². The average molecular weight is 737 g/mol. The molecule has 2 amide bonds. The van der Waals surface area contributed by atoms with Gasteiger partial charge in [0.25, 0.3) is 5.91 Å². The van der Waals surface area contributed by atoms with Crippen molar-refractivity contribution in [2.24, 2.45) is 0 Å². The predicted molar refractivity (Wildman–Crippen MR) is 202 cm³/mol. The van der Waals surface area contributed by atoms with Gasteiger partial charge in [-0.25, -0.2) is 17.9 Å². The normalized spacial score (nSPS) is 19.0. The highest BCUT2D eigenvalue weighted by molar-refractivity contribution is 7.91. The number of rotatable bonds is 13. The van der Waals surface area contributed by atoms with Crippen molar-refractivity contribution in [3.05, 3.63) is 71.9 Å². The Kier molecular flexibility index (Phi) is 12.8. The Morgan fingerprint density at radius 1 is 0.923 bits per heavy atom. The van der Waals surface area contributed by atoms with Crippen molar-refractivity contribution in [3.63, 3.8) is 0 Å². The topological polar surface area (TPSA) is 127 Å². The molecular formula is C39H56N6O6S. The number of sulfone groups is 1. The number of aromatic nitrogens is 3. The largest absolute Gasteiger partial charge is 0.444 e. The molecule has 0 bridgehead atoms. The molecule has 2 fully saturated rings. The van der Waals surface area contributed by atoms with Gasteiger partial charge in [-0.2, -0.15) is 0 Å². The van der Waals surface area contributed by atoms with E-state index in [9.17, 15) is 18.0 Å². The van der Waals surface area contributed by atoms with E-state index in [1.807, 2.05) is 91.0 Å². The van der Waals surface area contributed by atoms with Crippen LogP contribution in [0.4, 0.5) is 4.79 Å². The second kappa shape index (κ2) is 16.9. The van der Waals surface area contributed by atoms with Gasteiger partial charge in [0.1, 0.15) is 11.3 Å². The number of hydrogen-bond donors (Lipinski definition) is 0. The first-order valence-corrected chi connectivity index (χ1v) is 20.4. The number of carbonyl (C=O) groups is 2. The van der Waals surface area contributed by atoms with E-state index in [2.05, 4.69) is 36.0 Å². The molecule has 52 heavy (non-hydrogen) atoms. The van der Waals surface area contributed by atoms with Gasteiger partial charge in [-0.15, -0.1) is 5.10 Å². The first-order valence-electron chi connectivity index (χ1n) is 18.5. The summed E-state index contributed by atoms with van der Waals surface area (Å²) in [4.78, 5) is 33.6. The van der Waals surface area contributed by atoms with Crippen LogP contribution in [-0.4, -0.2) is 125 Å². The second-order valence-corrected chi connectivity index (χ2v) is 17.9. The van der Waals surface area contributed by atoms with Crippen LogP contribution in [-0.2, 0) is 25.7 Å². The van der Waals surface area contributed by atoms with Gasteiger partial charge in [-0.3, -0.25) is 9.69 Å². The predicted octanol–water partition coefficient (Wildman–Crippen LogP) is 5.51. The fraction of sp³-hybridized carbons (Fsp3) is 0.590. The molecule has 2 atom stereocenters. The molecule has 13 heteroatoms. The SMILES string of the molecule is CCCC(CC(C)(C)OCCN1CCS(=O)(=O)CC1)n1nnc(C(=O)N2CCN(C(=O)OC(C)(C)C)C[C@H]2Cc2ccccc2)c1-c1ccccc1. The third-order valence-electron chi connectivity index (χ3n) is 9.69. The van der Waals surface area contributed by atoms with E-state index < -0.39 is 21.0 Å². The summed E-state index contributed by atoms with van der Waals surface area (Å²) >= 11 is 0. The van der Waals surface area contributed by atoms with Crippen molar-refractivity contribution in [3.8, 4) is 11.3 Å². The average Bonchev–Trinajstić information content (AvgIpc) is 3.54. The molecule has 3 heterocycles. The third-order valence-corrected chi connectivity index (χ3v) is 11.3. The van der Waals surface area contributed by atoms with Crippen LogP contribution in [0.2, 0.25) is 0 Å². The number of amides is 2. The molecule has 5 rings (SSSR count). The first-order chi connectivity index (χ1) is 24.6. The molecule has 12 nitrogen and oxygen atoms in total. The maximum Gasteiger partial charge on any atom is 0.410 e. The van der Waals surface area contributed by atoms with Crippen LogP contribution in [0.1, 0.15) is 82.9 Å². The molecule has 0 N–H and O–H groups in total. The van der Waals surface area contributed by atoms with Crippen LogP contribution in [0.3, 0.4) is 0 Å². The number of nitrogens with zero attached hydrogens (tertiary/aromatic N) is 6. The van der Waals surface area contributed by atoms with Crippen LogP contribution in [0.25, 0.3) is 11.3 Å². The van der Waals surface area contributed by atoms with Crippen molar-refractivity contribution in [2.45, 2.75) is 90.5 Å². The quantitative estimate of drug-likeness (QED) is 0.223. The molecule has 284 valence electrons. The minimum absolute atomic E-state index is 0.103. The maximum atomic E-state index is 14.7. The summed E-state index contributed by atoms with van der Waals surface area (Å²) in [6.45, 7) is 15.1. The molecule has 2 aliphatic rings. The smallest absolute Gasteiger partial charge is 0.410 e. The highest BCUT2D eigenvalue weighted by atomic mass is 32.2. The summed E-state index contributed by atoms with van der Waals surface area (Å²) in [7, 11) is -2.94. The van der Waals surface area contributed by atoms with Gasteiger partial charge in [-0.05, 0) is 59.4 Å². The van der Waals surface area contributed by atoms with Crippen molar-refractivity contribution in [1.29, 1.82) is 0 Å². The Hall–Kier alpha value is -3.81. The van der Waals surface area contributed by atoms with E-state index in [0.717, 1.165) is 24.0 Å². The number of ether oxygens (including phenoxy) is 2. The maximum absolute atomic E-state index is 14.7. The van der Waals surface area contributed by atoms with Crippen LogP contribution < -0.4 is 0 Å². The lowest BCUT2D eigenvalue weighted by atomic mass is 9.95. The molecule has 1 unspecified atom stereocenters. The summed E-state index contributed by atoms with van der Waals surface area (Å²) < 4.78 is 37.8. The zero-order chi connectivity index (χ0) is 37.5. The number of hydrogen-bond acceptors (Lipinski definition) is 9. The molecule has 2 aromatic carbocycles. The number of piperazine rings is 1. The molecule has 0 aliphatic carbocycles. The summed E-state index contributed by atoms with van der Waals surface area (Å²) in [6, 6.07) is 19.4. The van der Waals surface area contributed by atoms with Crippen molar-refractivity contribution < 1.29 is 27.5 Å². The minimum atomic E-state index is -2.94. The van der Waals surface area contributed by atoms with Gasteiger partial charge >= 0.3 is 6.09 Å². The molecule has 0 saturated carbocycles. The van der Waals surface area contributed by atoms with Crippen molar-refractivity contribution in [1.82, 2.24) is 29.7 Å². The second-order valence-electron chi connectivity index (χ2n) is 15.6. The van der Waals surface area contributed by atoms with Gasteiger partial charge in [-0.1, -0.05) is 79.2 Å². The van der Waals surface area contributed by atoms with E-state index in [-0.39, 0.29) is 41.3 Å². The molecule has 2 saturated heterocycles. The number of carbonyl (C=O) groups excluding carboxylic acids is 2. The lowest BCUT2D eigenvalue weighted by molar-refractivity contribution is -0.0413. The van der Waals surface area contributed by atoms with E-state index in [1.54, 1.807) is 4.90 Å². The highest BCUT2D eigenvalue weighted by Gasteiger charge is 2.38. The molecule has 0 radical (unpaired) electrons. The monoisotopic (exact) mass is 736 g/mol. The van der Waals surface area contributed by atoms with Crippen LogP contribution in [0.15, 0.2) is 60.7 Å². The molecule has 3 aromatic rings. The molecule has 0 spiro atoms. The third kappa shape index (κ3) is 10.6. The van der Waals surface area contributed by atoms with Gasteiger partial charge in [0.2, 0.25) is 0 Å². The van der Waals surface area contributed by atoms with E-state index >= 15 is 0 Å². The zero-order valence-electron chi connectivity index (χ0n) is 31.7. The lowest BCUT2D eigenvalue weighted by Crippen LogP contribution is -2.58. The van der Waals surface area contributed by atoms with E-state index in [0.29, 0.717) is 64.4 Å². The highest BCUT2D eigenvalue weighted by Crippen LogP contribution is 2.34. The fourth-order valence-corrected chi connectivity index (χ4v) is 8.34. The summed E-state index contributed by atoms with van der Waals surface area (Å²) in [6.07, 6.45) is 2.52. The first kappa shape index (κ1) is 39.4. The Bertz CT molecular complexity index is 1730. The summed E-state index contributed by atoms with van der Waals surface area (Å²) in [5.74, 6) is 0.165. The van der Waals surface area contributed by atoms with E-state index in [1.165, 1.54) is 0 Å². The van der Waals surface area contributed by atoms with Crippen molar-refractivity contribution >= 4 is 21.8 Å². The van der Waals surface area contributed by atoms with Crippen LogP contribution in [0, 0.1) is 0 Å². The summed E-state index contributed by atoms with van der Waals surface area (Å²) in [5, 5.41) is 9.29. The minimum Gasteiger partial charge on any atom is -0.444 e. The van der Waals surface area contributed by atoms with Crippen molar-refractivity contribution in [2.75, 3.05) is 57.4 Å². The Labute approximate surface area is 309 Å². The Morgan fingerprint density at radius 2 is 1.58 bits per heavy atom. The number of benzene rings is 2. The van der Waals surface area contributed by atoms with E-state index in [4.69, 9.17) is 9.47 Å². The standard InChI is InChI=1S/C39H56N6O6S/c1-7-14-32(28-39(5,6)50-24-21-42-22-25-52(48,49)26-23-42)45-35(31-17-12-9-13-18-31)34(40-41-45)36(46)44-20-19-43(37(47)51-38(2,3)4)29-33(44)27-30-15-10-8-11-16-30/h8-13,15-18,32-33H,7,14,19-29H2,1-6H3/t32?,33-/m1/s1. The zero-order valence-corrected chi connectivity index (χ0v) is 32.5. The summed E-state index contributed by atoms with van der Waals surface area (Å²) in [5.41, 5.74) is 1.72. The Balaban J connectivity index is 1.40. The molecular weight excluding hydrogens is 681 g/mol.